The van der Waals surface area contributed by atoms with E-state index in [1.807, 2.05) is 36.4 Å². The zero-order chi connectivity index (χ0) is 14.1. The van der Waals surface area contributed by atoms with Crippen molar-refractivity contribution in [2.45, 2.75) is 0 Å². The highest BCUT2D eigenvalue weighted by Crippen LogP contribution is 2.26. The lowest BCUT2D eigenvalue weighted by Crippen LogP contribution is -1.90. The van der Waals surface area contributed by atoms with Gasteiger partial charge in [0.25, 0.3) is 0 Å². The van der Waals surface area contributed by atoms with Crippen LogP contribution in [0.5, 0.6) is 0 Å². The summed E-state index contributed by atoms with van der Waals surface area (Å²) < 4.78 is 0. The Balaban J connectivity index is 2.21. The van der Waals surface area contributed by atoms with Crippen molar-refractivity contribution in [1.29, 1.82) is 0 Å². The Morgan fingerprint density at radius 2 is 1.65 bits per heavy atom. The van der Waals surface area contributed by atoms with Crippen molar-refractivity contribution in [2.75, 3.05) is 0 Å². The van der Waals surface area contributed by atoms with Crippen LogP contribution in [-0.2, 0) is 0 Å². The van der Waals surface area contributed by atoms with E-state index in [1.54, 1.807) is 12.1 Å². The van der Waals surface area contributed by atoms with E-state index >= 15 is 0 Å². The second-order valence-corrected chi connectivity index (χ2v) is 5.26. The molecule has 0 fully saturated rings. The smallest absolute Gasteiger partial charge is 0.152 e. The van der Waals surface area contributed by atoms with Gasteiger partial charge in [-0.3, -0.25) is 4.79 Å². The number of carbonyl (C=O) groups is 1. The molecule has 0 radical (unpaired) electrons. The number of pyridine rings is 1. The van der Waals surface area contributed by atoms with Gasteiger partial charge in [-0.15, -0.1) is 0 Å². The average molecular weight is 302 g/mol. The van der Waals surface area contributed by atoms with Crippen LogP contribution in [0.3, 0.4) is 0 Å². The maximum Gasteiger partial charge on any atom is 0.152 e. The normalized spacial score (nSPS) is 10.7. The number of fused-ring (bicyclic) bond motifs is 1. The molecule has 3 rings (SSSR count). The topological polar surface area (TPSA) is 30.0 Å². The first-order valence-corrected chi connectivity index (χ1v) is 6.74. The molecule has 0 unspecified atom stereocenters. The number of aromatic nitrogens is 1. The molecule has 0 saturated carbocycles. The van der Waals surface area contributed by atoms with Crippen molar-refractivity contribution < 1.29 is 4.79 Å². The molecule has 0 bridgehead atoms. The summed E-state index contributed by atoms with van der Waals surface area (Å²) in [6, 6.07) is 14.6. The van der Waals surface area contributed by atoms with Gasteiger partial charge >= 0.3 is 0 Å². The Bertz CT molecular complexity index is 797. The van der Waals surface area contributed by atoms with Gasteiger partial charge in [-0.2, -0.15) is 0 Å². The van der Waals surface area contributed by atoms with Gasteiger partial charge in [-0.05, 0) is 30.3 Å². The number of hydrogen-bond donors (Lipinski definition) is 0. The predicted octanol–water partition coefficient (Wildman–Crippen LogP) is 5.02. The van der Waals surface area contributed by atoms with E-state index < -0.39 is 0 Å². The Labute approximate surface area is 126 Å². The SMILES string of the molecule is O=Cc1cc(Cl)cc2ccc(-c3ccc(Cl)cc3)nc12. The number of halogens is 2. The highest BCUT2D eigenvalue weighted by atomic mass is 35.5. The van der Waals surface area contributed by atoms with Crippen molar-refractivity contribution in [1.82, 2.24) is 4.98 Å². The lowest BCUT2D eigenvalue weighted by atomic mass is 10.1. The maximum absolute atomic E-state index is 11.1. The molecule has 0 aliphatic heterocycles. The molecule has 1 aromatic heterocycles. The number of carbonyl (C=O) groups excluding carboxylic acids is 1. The zero-order valence-electron chi connectivity index (χ0n) is 10.3. The second-order valence-electron chi connectivity index (χ2n) is 4.39. The molecular weight excluding hydrogens is 293 g/mol. The summed E-state index contributed by atoms with van der Waals surface area (Å²) in [5.41, 5.74) is 2.88. The van der Waals surface area contributed by atoms with Gasteiger partial charge in [0.1, 0.15) is 0 Å². The van der Waals surface area contributed by atoms with E-state index in [1.165, 1.54) is 0 Å². The number of nitrogens with zero attached hydrogens (tertiary/aromatic N) is 1. The summed E-state index contributed by atoms with van der Waals surface area (Å²) in [5.74, 6) is 0. The van der Waals surface area contributed by atoms with Crippen LogP contribution < -0.4 is 0 Å². The predicted molar refractivity (Wildman–Crippen MR) is 82.6 cm³/mol. The summed E-state index contributed by atoms with van der Waals surface area (Å²) in [5, 5.41) is 2.05. The minimum atomic E-state index is 0.489. The van der Waals surface area contributed by atoms with Gasteiger partial charge in [-0.1, -0.05) is 41.4 Å². The lowest BCUT2D eigenvalue weighted by Gasteiger charge is -2.06. The molecular formula is C16H9Cl2NO. The molecule has 3 aromatic rings. The van der Waals surface area contributed by atoms with Crippen LogP contribution in [0.15, 0.2) is 48.5 Å². The van der Waals surface area contributed by atoms with E-state index in [4.69, 9.17) is 23.2 Å². The summed E-state index contributed by atoms with van der Waals surface area (Å²) in [6.45, 7) is 0. The molecule has 0 spiro atoms. The molecule has 4 heteroatoms. The number of aldehydes is 1. The van der Waals surface area contributed by atoms with Gasteiger partial charge in [0, 0.05) is 26.6 Å². The summed E-state index contributed by atoms with van der Waals surface area (Å²) >= 11 is 11.9. The van der Waals surface area contributed by atoms with Crippen molar-refractivity contribution in [3.8, 4) is 11.3 Å². The lowest BCUT2D eigenvalue weighted by molar-refractivity contribution is 0.112. The van der Waals surface area contributed by atoms with Gasteiger partial charge in [-0.25, -0.2) is 4.98 Å². The third-order valence-corrected chi connectivity index (χ3v) is 3.52. The van der Waals surface area contributed by atoms with Crippen molar-refractivity contribution in [3.05, 3.63) is 64.1 Å². The molecule has 0 N–H and O–H groups in total. The standard InChI is InChI=1S/C16H9Cl2NO/c17-13-4-1-10(2-5-13)15-6-3-11-7-14(18)8-12(9-20)16(11)19-15/h1-9H. The van der Waals surface area contributed by atoms with E-state index in [0.717, 1.165) is 22.9 Å². The highest BCUT2D eigenvalue weighted by molar-refractivity contribution is 6.32. The highest BCUT2D eigenvalue weighted by Gasteiger charge is 2.07. The van der Waals surface area contributed by atoms with Crippen LogP contribution >= 0.6 is 23.2 Å². The van der Waals surface area contributed by atoms with E-state index in [-0.39, 0.29) is 0 Å². The van der Waals surface area contributed by atoms with Crippen LogP contribution in [0.25, 0.3) is 22.2 Å². The molecule has 0 atom stereocenters. The fraction of sp³-hybridized carbons (Fsp3) is 0. The molecule has 2 aromatic carbocycles. The molecule has 0 saturated heterocycles. The zero-order valence-corrected chi connectivity index (χ0v) is 11.8. The molecule has 2 nitrogen and oxygen atoms in total. The fourth-order valence-electron chi connectivity index (χ4n) is 2.10. The molecule has 1 heterocycles. The Hall–Kier alpha value is -1.90. The molecule has 0 aliphatic carbocycles. The van der Waals surface area contributed by atoms with Gasteiger partial charge in [0.05, 0.1) is 11.2 Å². The molecule has 0 amide bonds. The van der Waals surface area contributed by atoms with E-state index in [9.17, 15) is 4.79 Å². The monoisotopic (exact) mass is 301 g/mol. The number of rotatable bonds is 2. The Morgan fingerprint density at radius 1 is 0.900 bits per heavy atom. The van der Waals surface area contributed by atoms with E-state index in [2.05, 4.69) is 4.98 Å². The first-order valence-electron chi connectivity index (χ1n) is 5.99. The largest absolute Gasteiger partial charge is 0.298 e. The van der Waals surface area contributed by atoms with Gasteiger partial charge < -0.3 is 0 Å². The van der Waals surface area contributed by atoms with Crippen LogP contribution in [0.2, 0.25) is 10.0 Å². The summed E-state index contributed by atoms with van der Waals surface area (Å²) in [7, 11) is 0. The fourth-order valence-corrected chi connectivity index (χ4v) is 2.46. The van der Waals surface area contributed by atoms with Crippen molar-refractivity contribution in [2.24, 2.45) is 0 Å². The van der Waals surface area contributed by atoms with Crippen LogP contribution in [-0.4, -0.2) is 11.3 Å². The van der Waals surface area contributed by atoms with Gasteiger partial charge in [0.15, 0.2) is 6.29 Å². The van der Waals surface area contributed by atoms with Crippen LogP contribution in [0, 0.1) is 0 Å². The molecule has 98 valence electrons. The number of hydrogen-bond acceptors (Lipinski definition) is 2. The summed E-state index contributed by atoms with van der Waals surface area (Å²) in [6.07, 6.45) is 0.771. The summed E-state index contributed by atoms with van der Waals surface area (Å²) in [4.78, 5) is 15.7. The Kier molecular flexibility index (Phi) is 3.43. The van der Waals surface area contributed by atoms with Crippen LogP contribution in [0.1, 0.15) is 10.4 Å². The number of benzene rings is 2. The Morgan fingerprint density at radius 3 is 2.35 bits per heavy atom. The van der Waals surface area contributed by atoms with Crippen LogP contribution in [0.4, 0.5) is 0 Å². The van der Waals surface area contributed by atoms with Crippen molar-refractivity contribution in [3.63, 3.8) is 0 Å². The van der Waals surface area contributed by atoms with Gasteiger partial charge in [0.2, 0.25) is 0 Å². The first-order chi connectivity index (χ1) is 9.67. The minimum Gasteiger partial charge on any atom is -0.298 e. The first kappa shape index (κ1) is 13.1. The maximum atomic E-state index is 11.1. The molecule has 20 heavy (non-hydrogen) atoms. The van der Waals surface area contributed by atoms with Crippen molar-refractivity contribution >= 4 is 40.4 Å². The molecule has 0 aliphatic rings. The second kappa shape index (κ2) is 5.23. The third-order valence-electron chi connectivity index (χ3n) is 3.05. The quantitative estimate of drug-likeness (QED) is 0.622. The van der Waals surface area contributed by atoms with E-state index in [0.29, 0.717) is 21.1 Å². The third kappa shape index (κ3) is 2.40. The average Bonchev–Trinajstić information content (AvgIpc) is 2.46. The minimum absolute atomic E-state index is 0.489.